The van der Waals surface area contributed by atoms with Gasteiger partial charge in [0.25, 0.3) is 0 Å². The maximum Gasteiger partial charge on any atom is 0.116 e. The van der Waals surface area contributed by atoms with Gasteiger partial charge in [-0.2, -0.15) is 0 Å². The number of benzene rings is 1. The molecular weight excluding hydrogens is 414 g/mol. The monoisotopic (exact) mass is 461 g/mol. The van der Waals surface area contributed by atoms with Crippen molar-refractivity contribution in [3.05, 3.63) is 88.6 Å². The molecule has 0 aliphatic carbocycles. The first-order valence-corrected chi connectivity index (χ1v) is 12.8. The fourth-order valence-electron chi connectivity index (χ4n) is 4.84. The van der Waals surface area contributed by atoms with Crippen molar-refractivity contribution in [2.24, 2.45) is 5.92 Å². The van der Waals surface area contributed by atoms with E-state index in [1.807, 2.05) is 6.08 Å². The van der Waals surface area contributed by atoms with Gasteiger partial charge in [0.05, 0.1) is 5.69 Å². The highest BCUT2D eigenvalue weighted by Gasteiger charge is 2.25. The van der Waals surface area contributed by atoms with Gasteiger partial charge in [0.2, 0.25) is 0 Å². The van der Waals surface area contributed by atoms with E-state index in [4.69, 9.17) is 0 Å². The van der Waals surface area contributed by atoms with E-state index >= 15 is 0 Å². The molecule has 3 nitrogen and oxygen atoms in total. The van der Waals surface area contributed by atoms with Gasteiger partial charge in [0.1, 0.15) is 5.82 Å². The van der Waals surface area contributed by atoms with Gasteiger partial charge < -0.3 is 15.1 Å². The summed E-state index contributed by atoms with van der Waals surface area (Å²) in [5, 5.41) is 3.43. The Morgan fingerprint density at radius 2 is 1.71 bits per heavy atom. The Bertz CT molecular complexity index is 936. The lowest BCUT2D eigenvalue weighted by atomic mass is 10.0. The molecule has 1 aliphatic rings. The summed E-state index contributed by atoms with van der Waals surface area (Å²) < 4.78 is 0. The summed E-state index contributed by atoms with van der Waals surface area (Å²) >= 11 is 0. The Hall–Kier alpha value is -2.52. The average molecular weight is 462 g/mol. The molecule has 3 heteroatoms. The molecule has 1 aliphatic heterocycles. The topological polar surface area (TPSA) is 18.5 Å². The molecule has 186 valence electrons. The third-order valence-corrected chi connectivity index (χ3v) is 6.16. The number of anilines is 1. The van der Waals surface area contributed by atoms with Crippen LogP contribution in [0.2, 0.25) is 0 Å². The summed E-state index contributed by atoms with van der Waals surface area (Å²) in [6, 6.07) is 4.58. The van der Waals surface area contributed by atoms with Gasteiger partial charge in [-0.1, -0.05) is 60.9 Å². The average Bonchev–Trinajstić information content (AvgIpc) is 3.13. The second-order valence-corrected chi connectivity index (χ2v) is 10.3. The SMILES string of the molecule is C=CCNCCC/C(C)=C1\N(C/C(C)=C\C/C(C)=C\C(C)C)C=CN1c1c(C)cc(C)cc1C. The fraction of sp³-hybridized carbons (Fsp3) is 0.484. The Morgan fingerprint density at radius 1 is 1.03 bits per heavy atom. The van der Waals surface area contributed by atoms with Crippen molar-refractivity contribution in [2.75, 3.05) is 24.5 Å². The third kappa shape index (κ3) is 8.06. The van der Waals surface area contributed by atoms with Crippen LogP contribution in [-0.2, 0) is 0 Å². The molecule has 0 spiro atoms. The lowest BCUT2D eigenvalue weighted by molar-refractivity contribution is 0.504. The zero-order chi connectivity index (χ0) is 25.3. The minimum absolute atomic E-state index is 0.600. The zero-order valence-electron chi connectivity index (χ0n) is 23.0. The maximum atomic E-state index is 3.80. The summed E-state index contributed by atoms with van der Waals surface area (Å²) in [4.78, 5) is 4.84. The van der Waals surface area contributed by atoms with Crippen LogP contribution < -0.4 is 10.2 Å². The Labute approximate surface area is 209 Å². The van der Waals surface area contributed by atoms with Crippen molar-refractivity contribution >= 4 is 5.69 Å². The van der Waals surface area contributed by atoms with Crippen LogP contribution in [-0.4, -0.2) is 24.5 Å². The smallest absolute Gasteiger partial charge is 0.116 e. The van der Waals surface area contributed by atoms with Gasteiger partial charge in [0.15, 0.2) is 0 Å². The Morgan fingerprint density at radius 3 is 2.32 bits per heavy atom. The van der Waals surface area contributed by atoms with Gasteiger partial charge >= 0.3 is 0 Å². The molecular formula is C31H47N3. The highest BCUT2D eigenvalue weighted by atomic mass is 15.4. The standard InChI is InChI=1S/C31H47N3/c1-10-15-32-16-11-12-27(7)31-33(22-25(5)14-13-24(4)19-23(2)3)17-18-34(31)30-28(8)20-26(6)21-29(30)9/h10,14,17-21,23,32H,1,11-13,15-16,22H2,2-9H3/b24-19-,25-14-,31-27+. The van der Waals surface area contributed by atoms with Crippen molar-refractivity contribution in [2.45, 2.75) is 74.7 Å². The number of hydrogen-bond acceptors (Lipinski definition) is 3. The fourth-order valence-corrected chi connectivity index (χ4v) is 4.84. The lowest BCUT2D eigenvalue weighted by Crippen LogP contribution is -2.27. The van der Waals surface area contributed by atoms with Gasteiger partial charge in [0, 0.05) is 25.5 Å². The molecule has 0 aromatic heterocycles. The second-order valence-electron chi connectivity index (χ2n) is 10.3. The van der Waals surface area contributed by atoms with Crippen LogP contribution in [0.4, 0.5) is 5.69 Å². The van der Waals surface area contributed by atoms with Crippen molar-refractivity contribution in [3.63, 3.8) is 0 Å². The summed E-state index contributed by atoms with van der Waals surface area (Å²) in [7, 11) is 0. The van der Waals surface area contributed by atoms with Gasteiger partial charge in [-0.3, -0.25) is 0 Å². The lowest BCUT2D eigenvalue weighted by Gasteiger charge is -2.30. The zero-order valence-corrected chi connectivity index (χ0v) is 23.0. The van der Waals surface area contributed by atoms with E-state index in [2.05, 4.69) is 114 Å². The molecule has 1 aromatic carbocycles. The first-order chi connectivity index (χ1) is 16.1. The molecule has 0 radical (unpaired) electrons. The van der Waals surface area contributed by atoms with Gasteiger partial charge in [-0.25, -0.2) is 0 Å². The van der Waals surface area contributed by atoms with Crippen molar-refractivity contribution < 1.29 is 0 Å². The summed E-state index contributed by atoms with van der Waals surface area (Å²) in [6.45, 7) is 24.5. The molecule has 2 rings (SSSR count). The van der Waals surface area contributed by atoms with Gasteiger partial charge in [-0.05, 0) is 90.0 Å². The normalized spacial score (nSPS) is 16.1. The van der Waals surface area contributed by atoms with E-state index in [9.17, 15) is 0 Å². The molecule has 1 N–H and O–H groups in total. The van der Waals surface area contributed by atoms with Gasteiger partial charge in [-0.15, -0.1) is 6.58 Å². The van der Waals surface area contributed by atoms with E-state index in [1.165, 1.54) is 44.9 Å². The summed E-state index contributed by atoms with van der Waals surface area (Å²) in [5.41, 5.74) is 9.54. The van der Waals surface area contributed by atoms with Crippen LogP contribution in [0.15, 0.2) is 71.9 Å². The highest BCUT2D eigenvalue weighted by molar-refractivity contribution is 5.67. The van der Waals surface area contributed by atoms with Crippen molar-refractivity contribution in [3.8, 4) is 0 Å². The molecule has 34 heavy (non-hydrogen) atoms. The minimum atomic E-state index is 0.600. The Balaban J connectivity index is 2.30. The first-order valence-electron chi connectivity index (χ1n) is 12.8. The largest absolute Gasteiger partial charge is 0.329 e. The van der Waals surface area contributed by atoms with E-state index in [0.29, 0.717) is 5.92 Å². The molecule has 1 aromatic rings. The van der Waals surface area contributed by atoms with Crippen LogP contribution in [0.25, 0.3) is 0 Å². The number of nitrogens with zero attached hydrogens (tertiary/aromatic N) is 2. The number of aryl methyl sites for hydroxylation is 3. The molecule has 0 fully saturated rings. The quantitative estimate of drug-likeness (QED) is 0.252. The number of allylic oxidation sites excluding steroid dienone is 4. The van der Waals surface area contributed by atoms with Crippen molar-refractivity contribution in [1.82, 2.24) is 10.2 Å². The number of hydrogen-bond donors (Lipinski definition) is 1. The van der Waals surface area contributed by atoms with Crippen LogP contribution in [0.5, 0.6) is 0 Å². The number of rotatable bonds is 12. The molecule has 0 unspecified atom stereocenters. The summed E-state index contributed by atoms with van der Waals surface area (Å²) in [5.74, 6) is 1.91. The van der Waals surface area contributed by atoms with E-state index in [0.717, 1.165) is 38.9 Å². The molecule has 0 bridgehead atoms. The van der Waals surface area contributed by atoms with Crippen molar-refractivity contribution in [1.29, 1.82) is 0 Å². The predicted molar refractivity (Wildman–Crippen MR) is 151 cm³/mol. The number of nitrogens with one attached hydrogen (secondary N) is 1. The van der Waals surface area contributed by atoms with E-state index in [-0.39, 0.29) is 0 Å². The Kier molecular flexibility index (Phi) is 10.9. The molecule has 0 saturated heterocycles. The van der Waals surface area contributed by atoms with Crippen LogP contribution in [0, 0.1) is 26.7 Å². The highest BCUT2D eigenvalue weighted by Crippen LogP contribution is 2.36. The summed E-state index contributed by atoms with van der Waals surface area (Å²) in [6.07, 6.45) is 14.4. The van der Waals surface area contributed by atoms with E-state index in [1.54, 1.807) is 0 Å². The third-order valence-electron chi connectivity index (χ3n) is 6.16. The minimum Gasteiger partial charge on any atom is -0.329 e. The molecule has 1 heterocycles. The molecule has 0 saturated carbocycles. The predicted octanol–water partition coefficient (Wildman–Crippen LogP) is 7.93. The van der Waals surface area contributed by atoms with Crippen LogP contribution in [0.3, 0.4) is 0 Å². The molecule has 0 amide bonds. The van der Waals surface area contributed by atoms with Crippen LogP contribution in [0.1, 0.15) is 70.6 Å². The second kappa shape index (κ2) is 13.4. The first kappa shape index (κ1) is 27.7. The van der Waals surface area contributed by atoms with Crippen LogP contribution >= 0.6 is 0 Å². The maximum absolute atomic E-state index is 3.80. The molecule has 0 atom stereocenters. The van der Waals surface area contributed by atoms with E-state index < -0.39 is 0 Å².